The quantitative estimate of drug-likeness (QED) is 0.835. The second-order valence-electron chi connectivity index (χ2n) is 3.03. The van der Waals surface area contributed by atoms with Crippen LogP contribution in [0.3, 0.4) is 0 Å². The summed E-state index contributed by atoms with van der Waals surface area (Å²) in [5.41, 5.74) is -0.0151. The molecule has 0 radical (unpaired) electrons. The van der Waals surface area contributed by atoms with Gasteiger partial charge in [0.15, 0.2) is 0 Å². The van der Waals surface area contributed by atoms with Crippen molar-refractivity contribution >= 4 is 15.9 Å². The molecule has 0 saturated carbocycles. The number of rotatable bonds is 3. The number of benzene rings is 1. The first-order valence-corrected chi connectivity index (χ1v) is 5.14. The van der Waals surface area contributed by atoms with Gasteiger partial charge in [0.25, 0.3) is 0 Å². The Labute approximate surface area is 96.0 Å². The summed E-state index contributed by atoms with van der Waals surface area (Å²) in [5.74, 6) is 1.18. The van der Waals surface area contributed by atoms with Crippen LogP contribution in [0.15, 0.2) is 16.6 Å². The van der Waals surface area contributed by atoms with Gasteiger partial charge in [0.1, 0.15) is 11.6 Å². The molecule has 0 aliphatic carbocycles. The molecule has 0 fully saturated rings. The van der Waals surface area contributed by atoms with E-state index in [0.29, 0.717) is 4.47 Å². The maximum Gasteiger partial charge on any atom is 0.132 e. The third kappa shape index (κ3) is 2.77. The van der Waals surface area contributed by atoms with Gasteiger partial charge >= 0.3 is 0 Å². The monoisotopic (exact) mass is 273 g/mol. The highest BCUT2D eigenvalue weighted by atomic mass is 79.9. The van der Waals surface area contributed by atoms with Crippen LogP contribution < -0.4 is 5.32 Å². The molecule has 0 heterocycles. The largest absolute Gasteiger partial charge is 0.312 e. The highest BCUT2D eigenvalue weighted by Crippen LogP contribution is 2.26. The molecule has 0 amide bonds. The average molecular weight is 274 g/mol. The first-order valence-electron chi connectivity index (χ1n) is 4.35. The minimum atomic E-state index is -0.600. The lowest BCUT2D eigenvalue weighted by Crippen LogP contribution is -2.18. The fourth-order valence-electron chi connectivity index (χ4n) is 1.35. The average Bonchev–Trinajstić information content (AvgIpc) is 2.14. The predicted molar refractivity (Wildman–Crippen MR) is 59.3 cm³/mol. The SMILES string of the molecule is C#CCC(NC)c1c(F)cc(Br)cc1F. The number of hydrogen-bond acceptors (Lipinski definition) is 1. The molecule has 1 atom stereocenters. The molecule has 1 aromatic rings. The van der Waals surface area contributed by atoms with Gasteiger partial charge in [0.05, 0.1) is 0 Å². The molecule has 0 aliphatic heterocycles. The molecule has 4 heteroatoms. The fraction of sp³-hybridized carbons (Fsp3) is 0.273. The zero-order chi connectivity index (χ0) is 11.4. The Hall–Kier alpha value is -0.920. The Morgan fingerprint density at radius 1 is 1.47 bits per heavy atom. The van der Waals surface area contributed by atoms with E-state index in [-0.39, 0.29) is 12.0 Å². The normalized spacial score (nSPS) is 12.2. The van der Waals surface area contributed by atoms with Gasteiger partial charge in [-0.1, -0.05) is 15.9 Å². The van der Waals surface area contributed by atoms with Crippen molar-refractivity contribution in [1.82, 2.24) is 5.32 Å². The molecule has 1 nitrogen and oxygen atoms in total. The van der Waals surface area contributed by atoms with E-state index in [1.54, 1.807) is 7.05 Å². The summed E-state index contributed by atoms with van der Waals surface area (Å²) in [4.78, 5) is 0. The second-order valence-corrected chi connectivity index (χ2v) is 3.95. The summed E-state index contributed by atoms with van der Waals surface area (Å²) in [7, 11) is 1.61. The van der Waals surface area contributed by atoms with E-state index in [4.69, 9.17) is 6.42 Å². The molecule has 0 saturated heterocycles. The van der Waals surface area contributed by atoms with E-state index in [1.165, 1.54) is 12.1 Å². The molecule has 1 unspecified atom stereocenters. The van der Waals surface area contributed by atoms with Gasteiger partial charge in [-0.3, -0.25) is 0 Å². The topological polar surface area (TPSA) is 12.0 Å². The summed E-state index contributed by atoms with van der Waals surface area (Å²) >= 11 is 3.02. The molecule has 0 aliphatic rings. The van der Waals surface area contributed by atoms with Crippen molar-refractivity contribution in [3.63, 3.8) is 0 Å². The van der Waals surface area contributed by atoms with Crippen LogP contribution in [-0.2, 0) is 0 Å². The fourth-order valence-corrected chi connectivity index (χ4v) is 1.75. The van der Waals surface area contributed by atoms with Crippen LogP contribution in [0.4, 0.5) is 8.78 Å². The minimum absolute atomic E-state index is 0.0151. The molecule has 15 heavy (non-hydrogen) atoms. The molecule has 0 aromatic heterocycles. The predicted octanol–water partition coefficient (Wildman–Crippen LogP) is 3.01. The van der Waals surface area contributed by atoms with Crippen LogP contribution in [-0.4, -0.2) is 7.05 Å². The van der Waals surface area contributed by atoms with Crippen molar-refractivity contribution in [1.29, 1.82) is 0 Å². The van der Waals surface area contributed by atoms with E-state index in [0.717, 1.165) is 0 Å². The van der Waals surface area contributed by atoms with Gasteiger partial charge in [-0.05, 0) is 19.2 Å². The summed E-state index contributed by atoms with van der Waals surface area (Å²) < 4.78 is 27.4. The number of hydrogen-bond donors (Lipinski definition) is 1. The number of halogens is 3. The third-order valence-electron chi connectivity index (χ3n) is 2.06. The van der Waals surface area contributed by atoms with Crippen LogP contribution in [0.25, 0.3) is 0 Å². The van der Waals surface area contributed by atoms with Gasteiger partial charge in [-0.2, -0.15) is 0 Å². The lowest BCUT2D eigenvalue weighted by molar-refractivity contribution is 0.495. The zero-order valence-electron chi connectivity index (χ0n) is 8.15. The number of nitrogens with one attached hydrogen (secondary N) is 1. The lowest BCUT2D eigenvalue weighted by atomic mass is 10.0. The summed E-state index contributed by atoms with van der Waals surface area (Å²) in [6.45, 7) is 0. The smallest absolute Gasteiger partial charge is 0.132 e. The first kappa shape index (κ1) is 12.2. The summed E-state index contributed by atoms with van der Waals surface area (Å²) in [5, 5.41) is 2.78. The number of terminal acetylenes is 1. The van der Waals surface area contributed by atoms with Crippen molar-refractivity contribution in [2.45, 2.75) is 12.5 Å². The Balaban J connectivity index is 3.18. The molecule has 1 rings (SSSR count). The Morgan fingerprint density at radius 3 is 2.40 bits per heavy atom. The van der Waals surface area contributed by atoms with Crippen LogP contribution in [0.2, 0.25) is 0 Å². The van der Waals surface area contributed by atoms with E-state index >= 15 is 0 Å². The molecule has 0 bridgehead atoms. The van der Waals surface area contributed by atoms with Crippen molar-refractivity contribution in [2.24, 2.45) is 0 Å². The van der Waals surface area contributed by atoms with Crippen LogP contribution in [0.5, 0.6) is 0 Å². The van der Waals surface area contributed by atoms with Crippen molar-refractivity contribution < 1.29 is 8.78 Å². The first-order chi connectivity index (χ1) is 7.10. The van der Waals surface area contributed by atoms with Crippen molar-refractivity contribution in [3.8, 4) is 12.3 Å². The molecule has 80 valence electrons. The highest BCUT2D eigenvalue weighted by molar-refractivity contribution is 9.10. The minimum Gasteiger partial charge on any atom is -0.312 e. The van der Waals surface area contributed by atoms with Crippen molar-refractivity contribution in [3.05, 3.63) is 33.8 Å². The Kier molecular flexibility index (Phi) is 4.25. The Bertz CT molecular complexity index is 375. The molecule has 0 spiro atoms. The third-order valence-corrected chi connectivity index (χ3v) is 2.52. The van der Waals surface area contributed by atoms with Crippen LogP contribution >= 0.6 is 15.9 Å². The molecular formula is C11H10BrF2N. The maximum atomic E-state index is 13.5. The lowest BCUT2D eigenvalue weighted by Gasteiger charge is -2.15. The molecule has 1 N–H and O–H groups in total. The van der Waals surface area contributed by atoms with E-state index in [2.05, 4.69) is 27.2 Å². The standard InChI is InChI=1S/C11H10BrF2N/c1-3-4-10(15-2)11-8(13)5-7(12)6-9(11)14/h1,5-6,10,15H,4H2,2H3. The highest BCUT2D eigenvalue weighted by Gasteiger charge is 2.18. The van der Waals surface area contributed by atoms with E-state index < -0.39 is 17.7 Å². The summed E-state index contributed by atoms with van der Waals surface area (Å²) in [6.07, 6.45) is 5.37. The Morgan fingerprint density at radius 2 is 2.00 bits per heavy atom. The van der Waals surface area contributed by atoms with E-state index in [9.17, 15) is 8.78 Å². The van der Waals surface area contributed by atoms with Gasteiger partial charge in [-0.25, -0.2) is 8.78 Å². The molecule has 1 aromatic carbocycles. The molecular weight excluding hydrogens is 264 g/mol. The van der Waals surface area contributed by atoms with Gasteiger partial charge in [0.2, 0.25) is 0 Å². The van der Waals surface area contributed by atoms with Gasteiger partial charge in [-0.15, -0.1) is 12.3 Å². The van der Waals surface area contributed by atoms with Crippen molar-refractivity contribution in [2.75, 3.05) is 7.05 Å². The van der Waals surface area contributed by atoms with Crippen LogP contribution in [0.1, 0.15) is 18.0 Å². The zero-order valence-corrected chi connectivity index (χ0v) is 9.74. The second kappa shape index (κ2) is 5.24. The van der Waals surface area contributed by atoms with E-state index in [1.807, 2.05) is 0 Å². The summed E-state index contributed by atoms with van der Waals surface area (Å²) in [6, 6.07) is 1.95. The maximum absolute atomic E-state index is 13.5. The van der Waals surface area contributed by atoms with Gasteiger partial charge < -0.3 is 5.32 Å². The van der Waals surface area contributed by atoms with Gasteiger partial charge in [0, 0.05) is 22.5 Å². The van der Waals surface area contributed by atoms with Crippen LogP contribution in [0, 0.1) is 24.0 Å².